The number of carbonyl (C=O) groups excluding carboxylic acids is 1. The molecule has 2 N–H and O–H groups in total. The number of hydrogen-bond donors (Lipinski definition) is 2. The maximum absolute atomic E-state index is 11.7. The van der Waals surface area contributed by atoms with Crippen LogP contribution in [0.3, 0.4) is 0 Å². The van der Waals surface area contributed by atoms with Gasteiger partial charge in [0.15, 0.2) is 9.84 Å². The standard InChI is InChI=1S/C12H19NO5S2/c14-10(13-9-1-4-20(17,18)7-9)6-19-8-12(2-3-12)5-11(15)16/h9H,1-8H2,(H,13,14)(H,15,16). The normalized spacial score (nSPS) is 26.1. The van der Waals surface area contributed by atoms with Crippen LogP contribution in [0.1, 0.15) is 25.7 Å². The van der Waals surface area contributed by atoms with Gasteiger partial charge in [-0.2, -0.15) is 11.8 Å². The van der Waals surface area contributed by atoms with Gasteiger partial charge in [0.1, 0.15) is 0 Å². The summed E-state index contributed by atoms with van der Waals surface area (Å²) in [6, 6.07) is -0.262. The molecule has 1 aliphatic heterocycles. The predicted molar refractivity (Wildman–Crippen MR) is 76.4 cm³/mol. The number of rotatable bonds is 7. The summed E-state index contributed by atoms with van der Waals surface area (Å²) in [5.41, 5.74) is -0.118. The number of nitrogens with one attached hydrogen (secondary N) is 1. The first-order valence-corrected chi connectivity index (χ1v) is 9.57. The highest BCUT2D eigenvalue weighted by molar-refractivity contribution is 8.00. The van der Waals surface area contributed by atoms with Crippen molar-refractivity contribution >= 4 is 33.5 Å². The third-order valence-electron chi connectivity index (χ3n) is 3.72. The summed E-state index contributed by atoms with van der Waals surface area (Å²) < 4.78 is 22.5. The number of carboxylic acid groups (broad SMARTS) is 1. The highest BCUT2D eigenvalue weighted by atomic mass is 32.2. The molecule has 0 bridgehead atoms. The minimum absolute atomic E-state index is 0.0341. The van der Waals surface area contributed by atoms with Crippen LogP contribution < -0.4 is 5.32 Å². The van der Waals surface area contributed by atoms with Crippen LogP contribution >= 0.6 is 11.8 Å². The molecule has 6 nitrogen and oxygen atoms in total. The minimum Gasteiger partial charge on any atom is -0.481 e. The second-order valence-electron chi connectivity index (χ2n) is 5.73. The van der Waals surface area contributed by atoms with Crippen LogP contribution in [0.5, 0.6) is 0 Å². The average Bonchev–Trinajstić information content (AvgIpc) is 2.96. The molecule has 1 heterocycles. The number of carboxylic acids is 1. The van der Waals surface area contributed by atoms with Gasteiger partial charge < -0.3 is 10.4 Å². The van der Waals surface area contributed by atoms with Crippen LogP contribution in [0.15, 0.2) is 0 Å². The van der Waals surface area contributed by atoms with E-state index in [4.69, 9.17) is 5.11 Å². The van der Waals surface area contributed by atoms with E-state index in [2.05, 4.69) is 5.32 Å². The number of sulfone groups is 1. The van der Waals surface area contributed by atoms with Crippen molar-refractivity contribution < 1.29 is 23.1 Å². The lowest BCUT2D eigenvalue weighted by molar-refractivity contribution is -0.138. The molecule has 20 heavy (non-hydrogen) atoms. The quantitative estimate of drug-likeness (QED) is 0.698. The van der Waals surface area contributed by atoms with E-state index in [1.807, 2.05) is 0 Å². The molecule has 114 valence electrons. The van der Waals surface area contributed by atoms with E-state index in [9.17, 15) is 18.0 Å². The summed E-state index contributed by atoms with van der Waals surface area (Å²) in [4.78, 5) is 22.4. The number of hydrogen-bond acceptors (Lipinski definition) is 5. The summed E-state index contributed by atoms with van der Waals surface area (Å²) >= 11 is 1.43. The van der Waals surface area contributed by atoms with Crippen molar-refractivity contribution in [1.29, 1.82) is 0 Å². The van der Waals surface area contributed by atoms with Crippen LogP contribution in [-0.4, -0.2) is 54.5 Å². The highest BCUT2D eigenvalue weighted by Crippen LogP contribution is 2.50. The molecule has 8 heteroatoms. The van der Waals surface area contributed by atoms with Gasteiger partial charge in [0, 0.05) is 6.04 Å². The fourth-order valence-corrected chi connectivity index (χ4v) is 5.28. The lowest BCUT2D eigenvalue weighted by atomic mass is 10.1. The van der Waals surface area contributed by atoms with Crippen LogP contribution in [0.4, 0.5) is 0 Å². The Balaban J connectivity index is 1.65. The summed E-state index contributed by atoms with van der Waals surface area (Å²) in [6.45, 7) is 0. The zero-order chi connectivity index (χ0) is 14.8. The second-order valence-corrected chi connectivity index (χ2v) is 8.95. The summed E-state index contributed by atoms with van der Waals surface area (Å²) in [6.07, 6.45) is 2.48. The summed E-state index contributed by atoms with van der Waals surface area (Å²) in [7, 11) is -2.98. The molecule has 2 rings (SSSR count). The maximum atomic E-state index is 11.7. The van der Waals surface area contributed by atoms with Crippen molar-refractivity contribution in [2.24, 2.45) is 5.41 Å². The molecule has 0 aromatic carbocycles. The van der Waals surface area contributed by atoms with Crippen molar-refractivity contribution in [3.63, 3.8) is 0 Å². The Kier molecular flexibility index (Phi) is 4.63. The van der Waals surface area contributed by atoms with E-state index in [0.29, 0.717) is 12.2 Å². The van der Waals surface area contributed by atoms with Crippen LogP contribution in [0.25, 0.3) is 0 Å². The maximum Gasteiger partial charge on any atom is 0.303 e. The van der Waals surface area contributed by atoms with E-state index in [1.54, 1.807) is 0 Å². The Bertz CT molecular complexity index is 498. The van der Waals surface area contributed by atoms with E-state index in [1.165, 1.54) is 11.8 Å². The molecule has 2 aliphatic rings. The monoisotopic (exact) mass is 321 g/mol. The van der Waals surface area contributed by atoms with Crippen molar-refractivity contribution in [3.05, 3.63) is 0 Å². The molecular formula is C12H19NO5S2. The number of aliphatic carboxylic acids is 1. The molecule has 1 amide bonds. The van der Waals surface area contributed by atoms with Crippen molar-refractivity contribution in [2.75, 3.05) is 23.0 Å². The average molecular weight is 321 g/mol. The van der Waals surface area contributed by atoms with Crippen LogP contribution in [-0.2, 0) is 19.4 Å². The fraction of sp³-hybridized carbons (Fsp3) is 0.833. The first-order valence-electron chi connectivity index (χ1n) is 6.60. The molecule has 1 atom stereocenters. The van der Waals surface area contributed by atoms with E-state index in [-0.39, 0.29) is 41.0 Å². The van der Waals surface area contributed by atoms with Gasteiger partial charge in [0.25, 0.3) is 0 Å². The SMILES string of the molecule is O=C(O)CC1(CSCC(=O)NC2CCS(=O)(=O)C2)CC1. The zero-order valence-electron chi connectivity index (χ0n) is 11.1. The Morgan fingerprint density at radius 1 is 1.35 bits per heavy atom. The Hall–Kier alpha value is -0.760. The van der Waals surface area contributed by atoms with Gasteiger partial charge in [-0.1, -0.05) is 0 Å². The Labute approximate surface area is 122 Å². The molecule has 1 unspecified atom stereocenters. The molecule has 0 radical (unpaired) electrons. The summed E-state index contributed by atoms with van der Waals surface area (Å²) in [5.74, 6) is 0.166. The molecule has 1 saturated heterocycles. The topological polar surface area (TPSA) is 101 Å². The van der Waals surface area contributed by atoms with Crippen LogP contribution in [0, 0.1) is 5.41 Å². The molecule has 1 aliphatic carbocycles. The van der Waals surface area contributed by atoms with Gasteiger partial charge in [-0.05, 0) is 30.4 Å². The minimum atomic E-state index is -2.98. The first-order chi connectivity index (χ1) is 9.30. The van der Waals surface area contributed by atoms with Gasteiger partial charge in [-0.25, -0.2) is 8.42 Å². The number of thioether (sulfide) groups is 1. The van der Waals surface area contributed by atoms with Gasteiger partial charge in [-0.15, -0.1) is 0 Å². The molecule has 0 aromatic rings. The van der Waals surface area contributed by atoms with Crippen LogP contribution in [0.2, 0.25) is 0 Å². The lowest BCUT2D eigenvalue weighted by Crippen LogP contribution is -2.36. The molecule has 1 saturated carbocycles. The van der Waals surface area contributed by atoms with E-state index in [0.717, 1.165) is 12.8 Å². The largest absolute Gasteiger partial charge is 0.481 e. The molecular weight excluding hydrogens is 302 g/mol. The Morgan fingerprint density at radius 2 is 2.05 bits per heavy atom. The van der Waals surface area contributed by atoms with Gasteiger partial charge in [-0.3, -0.25) is 9.59 Å². The third-order valence-corrected chi connectivity index (χ3v) is 6.77. The predicted octanol–water partition coefficient (Wildman–Crippen LogP) is 0.278. The van der Waals surface area contributed by atoms with Gasteiger partial charge in [0.05, 0.1) is 23.7 Å². The van der Waals surface area contributed by atoms with Crippen molar-refractivity contribution in [2.45, 2.75) is 31.7 Å². The van der Waals surface area contributed by atoms with Crippen molar-refractivity contribution in [3.8, 4) is 0 Å². The second kappa shape index (κ2) is 5.93. The molecule has 0 spiro atoms. The third kappa shape index (κ3) is 4.66. The summed E-state index contributed by atoms with van der Waals surface area (Å²) in [5, 5.41) is 11.5. The number of carbonyl (C=O) groups is 2. The zero-order valence-corrected chi connectivity index (χ0v) is 12.8. The van der Waals surface area contributed by atoms with Crippen molar-refractivity contribution in [1.82, 2.24) is 5.32 Å². The van der Waals surface area contributed by atoms with E-state index >= 15 is 0 Å². The Morgan fingerprint density at radius 3 is 2.55 bits per heavy atom. The fourth-order valence-electron chi connectivity index (χ4n) is 2.41. The number of amides is 1. The lowest BCUT2D eigenvalue weighted by Gasteiger charge is -2.13. The highest BCUT2D eigenvalue weighted by Gasteiger charge is 2.44. The smallest absolute Gasteiger partial charge is 0.303 e. The van der Waals surface area contributed by atoms with E-state index < -0.39 is 15.8 Å². The van der Waals surface area contributed by atoms with Gasteiger partial charge >= 0.3 is 5.97 Å². The molecule has 0 aromatic heterocycles. The first kappa shape index (κ1) is 15.6. The molecule has 2 fully saturated rings. The van der Waals surface area contributed by atoms with Gasteiger partial charge in [0.2, 0.25) is 5.91 Å².